The summed E-state index contributed by atoms with van der Waals surface area (Å²) < 4.78 is 37.9. The van der Waals surface area contributed by atoms with Crippen LogP contribution in [0.4, 0.5) is 0 Å². The highest BCUT2D eigenvalue weighted by molar-refractivity contribution is 7.89. The van der Waals surface area contributed by atoms with E-state index in [9.17, 15) is 13.2 Å². The molecule has 1 atom stereocenters. The van der Waals surface area contributed by atoms with Crippen LogP contribution in [0.5, 0.6) is 0 Å². The zero-order chi connectivity index (χ0) is 22.4. The summed E-state index contributed by atoms with van der Waals surface area (Å²) in [4.78, 5) is 15.2. The molecule has 9 heteroatoms. The lowest BCUT2D eigenvalue weighted by molar-refractivity contribution is 0.0117. The van der Waals surface area contributed by atoms with Crippen molar-refractivity contribution in [3.05, 3.63) is 53.5 Å². The zero-order valence-corrected chi connectivity index (χ0v) is 19.2. The predicted molar refractivity (Wildman–Crippen MR) is 117 cm³/mol. The number of hydrogen-bond donors (Lipinski definition) is 1. The van der Waals surface area contributed by atoms with Gasteiger partial charge >= 0.3 is 0 Å². The molecule has 1 aliphatic rings. The molecule has 1 aromatic carbocycles. The Bertz CT molecular complexity index is 961. The number of carbonyl (C=O) groups is 1. The van der Waals surface area contributed by atoms with Crippen molar-refractivity contribution in [2.45, 2.75) is 31.7 Å². The van der Waals surface area contributed by atoms with Crippen LogP contribution in [-0.2, 0) is 14.8 Å². The van der Waals surface area contributed by atoms with Gasteiger partial charge in [-0.25, -0.2) is 8.42 Å². The lowest BCUT2D eigenvalue weighted by Gasteiger charge is -2.33. The van der Waals surface area contributed by atoms with E-state index in [0.717, 1.165) is 24.6 Å². The van der Waals surface area contributed by atoms with Crippen molar-refractivity contribution < 1.29 is 22.4 Å². The fraction of sp³-hybridized carbons (Fsp3) is 0.500. The van der Waals surface area contributed by atoms with Gasteiger partial charge in [0.25, 0.3) is 5.91 Å². The van der Waals surface area contributed by atoms with E-state index in [2.05, 4.69) is 10.2 Å². The number of morpholine rings is 1. The molecule has 1 fully saturated rings. The fourth-order valence-electron chi connectivity index (χ4n) is 3.71. The minimum Gasteiger partial charge on any atom is -0.465 e. The zero-order valence-electron chi connectivity index (χ0n) is 18.3. The first-order chi connectivity index (χ1) is 14.9. The molecular weight excluding hydrogens is 418 g/mol. The molecule has 170 valence electrons. The Morgan fingerprint density at radius 3 is 2.29 bits per heavy atom. The molecular formula is C22H31N3O5S. The minimum absolute atomic E-state index is 0.0936. The molecule has 0 saturated carbocycles. The number of benzene rings is 1. The van der Waals surface area contributed by atoms with E-state index < -0.39 is 10.0 Å². The van der Waals surface area contributed by atoms with Gasteiger partial charge in [0, 0.05) is 38.3 Å². The summed E-state index contributed by atoms with van der Waals surface area (Å²) in [5, 5.41) is 2.97. The van der Waals surface area contributed by atoms with Gasteiger partial charge in [0.05, 0.1) is 24.2 Å². The molecule has 0 spiro atoms. The number of rotatable bonds is 9. The Hall–Kier alpha value is -2.20. The van der Waals surface area contributed by atoms with Gasteiger partial charge in [-0.05, 0) is 43.3 Å². The van der Waals surface area contributed by atoms with Crippen molar-refractivity contribution in [2.24, 2.45) is 0 Å². The fourth-order valence-corrected chi connectivity index (χ4v) is 5.17. The molecule has 8 nitrogen and oxygen atoms in total. The van der Waals surface area contributed by atoms with Crippen LogP contribution >= 0.6 is 0 Å². The van der Waals surface area contributed by atoms with Crippen molar-refractivity contribution >= 4 is 15.9 Å². The second kappa shape index (κ2) is 10.4. The molecule has 0 radical (unpaired) electrons. The predicted octanol–water partition coefficient (Wildman–Crippen LogP) is 2.42. The number of carbonyl (C=O) groups excluding carboxylic acids is 1. The van der Waals surface area contributed by atoms with Gasteiger partial charge < -0.3 is 14.5 Å². The van der Waals surface area contributed by atoms with Gasteiger partial charge in [0.1, 0.15) is 11.5 Å². The van der Waals surface area contributed by atoms with E-state index >= 15 is 0 Å². The quantitative estimate of drug-likeness (QED) is 0.632. The first-order valence-corrected chi connectivity index (χ1v) is 12.1. The molecule has 2 heterocycles. The van der Waals surface area contributed by atoms with E-state index in [1.165, 1.54) is 16.4 Å². The second-order valence-corrected chi connectivity index (χ2v) is 9.37. The van der Waals surface area contributed by atoms with Gasteiger partial charge in [-0.3, -0.25) is 9.69 Å². The third-order valence-electron chi connectivity index (χ3n) is 5.49. The van der Waals surface area contributed by atoms with Crippen LogP contribution in [0.25, 0.3) is 0 Å². The summed E-state index contributed by atoms with van der Waals surface area (Å²) in [6, 6.07) is 9.83. The van der Waals surface area contributed by atoms with E-state index in [0.29, 0.717) is 38.4 Å². The van der Waals surface area contributed by atoms with Crippen LogP contribution in [0.2, 0.25) is 0 Å². The van der Waals surface area contributed by atoms with Gasteiger partial charge in [0.15, 0.2) is 0 Å². The van der Waals surface area contributed by atoms with Crippen molar-refractivity contribution in [2.75, 3.05) is 45.9 Å². The van der Waals surface area contributed by atoms with Crippen molar-refractivity contribution in [1.29, 1.82) is 0 Å². The summed E-state index contributed by atoms with van der Waals surface area (Å²) in [5.74, 6) is 1.37. The molecule has 31 heavy (non-hydrogen) atoms. The topological polar surface area (TPSA) is 92.1 Å². The van der Waals surface area contributed by atoms with Gasteiger partial charge in [0.2, 0.25) is 10.0 Å². The number of hydrogen-bond acceptors (Lipinski definition) is 6. The highest BCUT2D eigenvalue weighted by atomic mass is 32.2. The minimum atomic E-state index is -3.55. The maximum atomic E-state index is 12.7. The van der Waals surface area contributed by atoms with Crippen LogP contribution in [-0.4, -0.2) is 69.5 Å². The first-order valence-electron chi connectivity index (χ1n) is 10.6. The average Bonchev–Trinajstić information content (AvgIpc) is 3.21. The number of sulfonamides is 1. The van der Waals surface area contributed by atoms with E-state index in [1.54, 1.807) is 26.0 Å². The summed E-state index contributed by atoms with van der Waals surface area (Å²) >= 11 is 0. The molecule has 2 aromatic rings. The number of aryl methyl sites for hydroxylation is 1. The Balaban J connectivity index is 1.69. The lowest BCUT2D eigenvalue weighted by atomic mass is 10.1. The highest BCUT2D eigenvalue weighted by Gasteiger charge is 2.26. The molecule has 1 aromatic heterocycles. The van der Waals surface area contributed by atoms with E-state index in [-0.39, 0.29) is 16.8 Å². The number of furan rings is 1. The third-order valence-corrected chi connectivity index (χ3v) is 7.56. The number of nitrogens with one attached hydrogen (secondary N) is 1. The van der Waals surface area contributed by atoms with Crippen LogP contribution < -0.4 is 5.32 Å². The first kappa shape index (κ1) is 23.5. The Kier molecular flexibility index (Phi) is 7.88. The normalized spacial score (nSPS) is 16.4. The van der Waals surface area contributed by atoms with Crippen molar-refractivity contribution in [3.63, 3.8) is 0 Å². The summed E-state index contributed by atoms with van der Waals surface area (Å²) in [5.41, 5.74) is 0.412. The summed E-state index contributed by atoms with van der Waals surface area (Å²) in [6.07, 6.45) is 0. The maximum absolute atomic E-state index is 12.7. The third kappa shape index (κ3) is 5.54. The Morgan fingerprint density at radius 1 is 1.10 bits per heavy atom. The molecule has 3 rings (SSSR count). The maximum Gasteiger partial charge on any atom is 0.251 e. The molecule has 1 N–H and O–H groups in total. The van der Waals surface area contributed by atoms with Gasteiger partial charge in [-0.1, -0.05) is 13.8 Å². The number of amides is 1. The van der Waals surface area contributed by atoms with Crippen LogP contribution in [0.3, 0.4) is 0 Å². The van der Waals surface area contributed by atoms with Crippen molar-refractivity contribution in [3.8, 4) is 0 Å². The van der Waals surface area contributed by atoms with Gasteiger partial charge in [-0.15, -0.1) is 0 Å². The molecule has 1 saturated heterocycles. The Labute approximate surface area is 184 Å². The van der Waals surface area contributed by atoms with Crippen molar-refractivity contribution in [1.82, 2.24) is 14.5 Å². The molecule has 1 amide bonds. The average molecular weight is 450 g/mol. The lowest BCUT2D eigenvalue weighted by Crippen LogP contribution is -2.43. The number of ether oxygens (including phenoxy) is 1. The highest BCUT2D eigenvalue weighted by Crippen LogP contribution is 2.23. The number of nitrogens with zero attached hydrogens (tertiary/aromatic N) is 2. The monoisotopic (exact) mass is 449 g/mol. The SMILES string of the molecule is CCN(CC)S(=O)(=O)c1ccc(C(=O)NCC(c2ccc(C)o2)N2CCOCC2)cc1. The standard InChI is InChI=1S/C22H31N3O5S/c1-4-25(5-2)31(27,28)19-9-7-18(8-10-19)22(26)23-16-20(21-11-6-17(3)30-21)24-12-14-29-15-13-24/h6-11,20H,4-5,12-16H2,1-3H3,(H,23,26). The molecule has 0 bridgehead atoms. The van der Waals surface area contributed by atoms with Gasteiger partial charge in [-0.2, -0.15) is 4.31 Å². The van der Waals surface area contributed by atoms with Crippen LogP contribution in [0.15, 0.2) is 45.7 Å². The largest absolute Gasteiger partial charge is 0.465 e. The van der Waals surface area contributed by atoms with Crippen LogP contribution in [0, 0.1) is 6.92 Å². The second-order valence-electron chi connectivity index (χ2n) is 7.44. The Morgan fingerprint density at radius 2 is 1.74 bits per heavy atom. The van der Waals surface area contributed by atoms with E-state index in [1.807, 2.05) is 19.1 Å². The summed E-state index contributed by atoms with van der Waals surface area (Å²) in [7, 11) is -3.55. The molecule has 0 aliphatic carbocycles. The molecule has 1 aliphatic heterocycles. The molecule has 1 unspecified atom stereocenters. The summed E-state index contributed by atoms with van der Waals surface area (Å²) in [6.45, 7) is 9.49. The van der Waals surface area contributed by atoms with Crippen LogP contribution in [0.1, 0.15) is 41.8 Å². The smallest absolute Gasteiger partial charge is 0.251 e. The van der Waals surface area contributed by atoms with E-state index in [4.69, 9.17) is 9.15 Å².